The van der Waals surface area contributed by atoms with E-state index >= 15 is 0 Å². The molecule has 25 heavy (non-hydrogen) atoms. The highest BCUT2D eigenvalue weighted by molar-refractivity contribution is 5.91. The molecule has 1 fully saturated rings. The fourth-order valence-corrected chi connectivity index (χ4v) is 1.96. The minimum atomic E-state index is -0.742. The second-order valence-electron chi connectivity index (χ2n) is 5.26. The first-order valence-corrected chi connectivity index (χ1v) is 7.50. The van der Waals surface area contributed by atoms with E-state index in [1.54, 1.807) is 18.2 Å². The molecule has 6 nitrogen and oxygen atoms in total. The molecule has 0 aliphatic carbocycles. The molecular formula is C18H14FNO5. The second-order valence-corrected chi connectivity index (χ2v) is 5.26. The van der Waals surface area contributed by atoms with Gasteiger partial charge in [0.05, 0.1) is 24.3 Å². The molecule has 0 bridgehead atoms. The van der Waals surface area contributed by atoms with Crippen molar-refractivity contribution in [3.8, 4) is 17.6 Å². The number of carbonyl (C=O) groups is 1. The lowest BCUT2D eigenvalue weighted by atomic mass is 10.2. The zero-order valence-electron chi connectivity index (χ0n) is 13.1. The number of nitriles is 1. The van der Waals surface area contributed by atoms with E-state index in [1.165, 1.54) is 24.3 Å². The lowest BCUT2D eigenvalue weighted by Gasteiger charge is -2.08. The average Bonchev–Trinajstić information content (AvgIpc) is 3.44. The first kappa shape index (κ1) is 16.9. The van der Waals surface area contributed by atoms with Crippen molar-refractivity contribution in [2.75, 3.05) is 20.0 Å². The summed E-state index contributed by atoms with van der Waals surface area (Å²) in [6.45, 7) is 1.31. The molecule has 1 saturated heterocycles. The minimum absolute atomic E-state index is 0.0255. The average molecular weight is 343 g/mol. The van der Waals surface area contributed by atoms with Crippen molar-refractivity contribution in [2.45, 2.75) is 6.10 Å². The zero-order chi connectivity index (χ0) is 17.6. The molecule has 2 aromatic rings. The van der Waals surface area contributed by atoms with Gasteiger partial charge in [0.2, 0.25) is 0 Å². The molecule has 128 valence electrons. The number of hydrogen-bond donors (Lipinski definition) is 0. The van der Waals surface area contributed by atoms with E-state index in [-0.39, 0.29) is 29.8 Å². The number of ether oxygens (including phenoxy) is 4. The van der Waals surface area contributed by atoms with Crippen molar-refractivity contribution in [1.29, 1.82) is 5.26 Å². The molecule has 1 atom stereocenters. The van der Waals surface area contributed by atoms with E-state index < -0.39 is 11.8 Å². The van der Waals surface area contributed by atoms with Gasteiger partial charge in [-0.3, -0.25) is 0 Å². The van der Waals surface area contributed by atoms with Gasteiger partial charge in [-0.2, -0.15) is 5.26 Å². The molecule has 2 aromatic carbocycles. The first-order chi connectivity index (χ1) is 12.2. The van der Waals surface area contributed by atoms with Crippen LogP contribution in [0.1, 0.15) is 15.9 Å². The van der Waals surface area contributed by atoms with Gasteiger partial charge in [0.15, 0.2) is 6.79 Å². The Bertz CT molecular complexity index is 796. The number of benzene rings is 2. The first-order valence-electron chi connectivity index (χ1n) is 7.50. The molecule has 1 aliphatic heterocycles. The molecule has 3 rings (SSSR count). The van der Waals surface area contributed by atoms with Crippen LogP contribution in [0.3, 0.4) is 0 Å². The van der Waals surface area contributed by atoms with Crippen LogP contribution in [0.2, 0.25) is 0 Å². The molecule has 1 aliphatic rings. The van der Waals surface area contributed by atoms with Crippen LogP contribution in [0.25, 0.3) is 0 Å². The quantitative estimate of drug-likeness (QED) is 0.253. The van der Waals surface area contributed by atoms with Gasteiger partial charge in [0.1, 0.15) is 29.5 Å². The molecule has 0 radical (unpaired) electrons. The van der Waals surface area contributed by atoms with Crippen LogP contribution in [-0.2, 0) is 9.47 Å². The number of nitrogens with zero attached hydrogens (tertiary/aromatic N) is 1. The summed E-state index contributed by atoms with van der Waals surface area (Å²) in [6, 6.07) is 11.6. The van der Waals surface area contributed by atoms with Crippen molar-refractivity contribution >= 4 is 5.97 Å². The van der Waals surface area contributed by atoms with Gasteiger partial charge in [-0.25, -0.2) is 9.18 Å². The number of carbonyl (C=O) groups excluding carboxylic acids is 1. The van der Waals surface area contributed by atoms with Gasteiger partial charge in [0.25, 0.3) is 0 Å². The Morgan fingerprint density at radius 1 is 1.24 bits per heavy atom. The Hall–Kier alpha value is -2.95. The van der Waals surface area contributed by atoms with Crippen molar-refractivity contribution in [2.24, 2.45) is 0 Å². The molecule has 0 aromatic heterocycles. The Labute approximate surface area is 143 Å². The number of hydrogen-bond acceptors (Lipinski definition) is 6. The minimum Gasteiger partial charge on any atom is -0.468 e. The fraction of sp³-hybridized carbons (Fsp3) is 0.222. The Balaban J connectivity index is 1.53. The predicted molar refractivity (Wildman–Crippen MR) is 83.7 cm³/mol. The van der Waals surface area contributed by atoms with Crippen LogP contribution in [0.5, 0.6) is 11.5 Å². The summed E-state index contributed by atoms with van der Waals surface area (Å²) >= 11 is 0. The number of esters is 1. The molecular weight excluding hydrogens is 329 g/mol. The fourth-order valence-electron chi connectivity index (χ4n) is 1.96. The van der Waals surface area contributed by atoms with Gasteiger partial charge >= 0.3 is 5.97 Å². The summed E-state index contributed by atoms with van der Waals surface area (Å²) in [6.07, 6.45) is 0.174. The van der Waals surface area contributed by atoms with Crippen LogP contribution in [0.4, 0.5) is 4.39 Å². The van der Waals surface area contributed by atoms with Crippen molar-refractivity contribution < 1.29 is 28.1 Å². The maximum Gasteiger partial charge on any atom is 0.343 e. The normalized spacial score (nSPS) is 15.3. The van der Waals surface area contributed by atoms with E-state index in [2.05, 4.69) is 0 Å². The molecule has 7 heteroatoms. The Morgan fingerprint density at radius 3 is 2.60 bits per heavy atom. The van der Waals surface area contributed by atoms with Gasteiger partial charge in [-0.05, 0) is 36.4 Å². The third-order valence-corrected chi connectivity index (χ3v) is 3.38. The standard InChI is InChI=1S/C18H14FNO5/c19-17-7-15(6-3-13(17)8-20)25-18(21)12-1-4-14(5-2-12)24-11-22-9-16-10-23-16/h1-7,16H,9-11H2. The van der Waals surface area contributed by atoms with E-state index in [9.17, 15) is 9.18 Å². The molecule has 1 heterocycles. The lowest BCUT2D eigenvalue weighted by molar-refractivity contribution is 0.00821. The molecule has 1 unspecified atom stereocenters. The predicted octanol–water partition coefficient (Wildman–Crippen LogP) is 2.67. The van der Waals surface area contributed by atoms with Gasteiger partial charge in [-0.15, -0.1) is 0 Å². The molecule has 0 spiro atoms. The smallest absolute Gasteiger partial charge is 0.343 e. The van der Waals surface area contributed by atoms with E-state index in [0.29, 0.717) is 12.4 Å². The van der Waals surface area contributed by atoms with E-state index in [0.717, 1.165) is 12.7 Å². The maximum atomic E-state index is 13.5. The van der Waals surface area contributed by atoms with E-state index in [1.807, 2.05) is 0 Å². The largest absolute Gasteiger partial charge is 0.468 e. The lowest BCUT2D eigenvalue weighted by Crippen LogP contribution is -2.09. The third kappa shape index (κ3) is 4.76. The summed E-state index contributed by atoms with van der Waals surface area (Å²) in [5, 5.41) is 8.68. The summed E-state index contributed by atoms with van der Waals surface area (Å²) in [7, 11) is 0. The summed E-state index contributed by atoms with van der Waals surface area (Å²) in [5.74, 6) is -0.818. The topological polar surface area (TPSA) is 81.1 Å². The van der Waals surface area contributed by atoms with Gasteiger partial charge in [0, 0.05) is 6.07 Å². The number of epoxide rings is 1. The van der Waals surface area contributed by atoms with Crippen molar-refractivity contribution in [3.63, 3.8) is 0 Å². The van der Waals surface area contributed by atoms with Gasteiger partial charge < -0.3 is 18.9 Å². The highest BCUT2D eigenvalue weighted by Crippen LogP contribution is 2.19. The summed E-state index contributed by atoms with van der Waals surface area (Å²) < 4.78 is 34.2. The Kier molecular flexibility index (Phi) is 5.23. The molecule has 0 N–H and O–H groups in total. The number of halogens is 1. The van der Waals surface area contributed by atoms with Crippen molar-refractivity contribution in [3.05, 3.63) is 59.4 Å². The van der Waals surface area contributed by atoms with Crippen LogP contribution < -0.4 is 9.47 Å². The van der Waals surface area contributed by atoms with Crippen LogP contribution >= 0.6 is 0 Å². The van der Waals surface area contributed by atoms with Crippen LogP contribution in [0, 0.1) is 17.1 Å². The van der Waals surface area contributed by atoms with Crippen molar-refractivity contribution in [1.82, 2.24) is 0 Å². The SMILES string of the molecule is N#Cc1ccc(OC(=O)c2ccc(OCOCC3CO3)cc2)cc1F. The Morgan fingerprint density at radius 2 is 1.96 bits per heavy atom. The monoisotopic (exact) mass is 343 g/mol. The van der Waals surface area contributed by atoms with Gasteiger partial charge in [-0.1, -0.05) is 0 Å². The second kappa shape index (κ2) is 7.75. The third-order valence-electron chi connectivity index (χ3n) is 3.38. The van der Waals surface area contributed by atoms with Crippen LogP contribution in [-0.4, -0.2) is 32.1 Å². The van der Waals surface area contributed by atoms with E-state index in [4.69, 9.17) is 24.2 Å². The zero-order valence-corrected chi connectivity index (χ0v) is 13.1. The number of rotatable bonds is 7. The highest BCUT2D eigenvalue weighted by Gasteiger charge is 2.22. The maximum absolute atomic E-state index is 13.5. The molecule has 0 amide bonds. The van der Waals surface area contributed by atoms with Crippen LogP contribution in [0.15, 0.2) is 42.5 Å². The summed E-state index contributed by atoms with van der Waals surface area (Å²) in [5.41, 5.74) is 0.168. The highest BCUT2D eigenvalue weighted by atomic mass is 19.1. The molecule has 0 saturated carbocycles. The summed E-state index contributed by atoms with van der Waals surface area (Å²) in [4.78, 5) is 12.0.